The molecule has 5 aliphatic carbocycles. The number of hydrogen-bond acceptors (Lipinski definition) is 6. The Morgan fingerprint density at radius 1 is 0.867 bits per heavy atom. The van der Waals surface area contributed by atoms with E-state index in [1.807, 2.05) is 13.8 Å². The van der Waals surface area contributed by atoms with Crippen LogP contribution in [0.4, 0.5) is 0 Å². The Morgan fingerprint density at radius 3 is 2.29 bits per heavy atom. The molecular formula is C39H60O6. The molecule has 4 saturated carbocycles. The third kappa shape index (κ3) is 4.23. The molecule has 6 nitrogen and oxygen atoms in total. The Kier molecular flexibility index (Phi) is 7.12. The molecule has 2 saturated heterocycles. The lowest BCUT2D eigenvalue weighted by Gasteiger charge is -2.74. The van der Waals surface area contributed by atoms with Gasteiger partial charge in [0.05, 0.1) is 43.0 Å². The normalized spacial score (nSPS) is 53.7. The monoisotopic (exact) mass is 624 g/mol. The van der Waals surface area contributed by atoms with Crippen molar-refractivity contribution in [3.05, 3.63) is 11.6 Å². The van der Waals surface area contributed by atoms with E-state index in [4.69, 9.17) is 30.1 Å². The summed E-state index contributed by atoms with van der Waals surface area (Å²) in [5.74, 6) is 2.66. The predicted octanol–water partition coefficient (Wildman–Crippen LogP) is 7.28. The van der Waals surface area contributed by atoms with Gasteiger partial charge < -0.3 is 28.8 Å². The Labute approximate surface area is 272 Å². The van der Waals surface area contributed by atoms with Crippen LogP contribution in [0.25, 0.3) is 0 Å². The first kappa shape index (κ1) is 32.6. The van der Waals surface area contributed by atoms with E-state index in [0.717, 1.165) is 32.3 Å². The number of allylic oxidation sites excluding steroid dienone is 2. The summed E-state index contributed by atoms with van der Waals surface area (Å²) < 4.78 is 33.1. The minimum absolute atomic E-state index is 0.0232. The minimum Gasteiger partial charge on any atom is -0.390 e. The highest BCUT2D eigenvalue weighted by atomic mass is 16.7. The number of hydrogen-bond donors (Lipinski definition) is 1. The van der Waals surface area contributed by atoms with Crippen LogP contribution in [-0.4, -0.2) is 60.9 Å². The van der Waals surface area contributed by atoms with Gasteiger partial charge in [0.2, 0.25) is 0 Å². The fraction of sp³-hybridized carbons (Fsp3) is 0.897. The van der Waals surface area contributed by atoms with Crippen molar-refractivity contribution < 1.29 is 28.8 Å². The van der Waals surface area contributed by atoms with Gasteiger partial charge in [-0.25, -0.2) is 0 Å². The molecule has 0 aromatic carbocycles. The smallest absolute Gasteiger partial charge is 0.163 e. The van der Waals surface area contributed by atoms with Crippen molar-refractivity contribution in [3.8, 4) is 12.3 Å². The average Bonchev–Trinajstić information content (AvgIpc) is 2.93. The van der Waals surface area contributed by atoms with Crippen LogP contribution >= 0.6 is 0 Å². The maximum Gasteiger partial charge on any atom is 0.163 e. The van der Waals surface area contributed by atoms with Gasteiger partial charge in [-0.1, -0.05) is 59.1 Å². The summed E-state index contributed by atoms with van der Waals surface area (Å²) in [5.41, 5.74) is 1.03. The van der Waals surface area contributed by atoms with Crippen LogP contribution in [-0.2, 0) is 23.7 Å². The highest BCUT2D eigenvalue weighted by Crippen LogP contribution is 2.77. The predicted molar refractivity (Wildman–Crippen MR) is 174 cm³/mol. The maximum atomic E-state index is 11.9. The molecule has 0 radical (unpaired) electrons. The minimum atomic E-state index is -0.804. The fourth-order valence-electron chi connectivity index (χ4n) is 13.0. The van der Waals surface area contributed by atoms with Crippen molar-refractivity contribution in [2.24, 2.45) is 50.2 Å². The molecule has 12 atom stereocenters. The second-order valence-electron chi connectivity index (χ2n) is 18.9. The summed E-state index contributed by atoms with van der Waals surface area (Å²) >= 11 is 0. The molecule has 0 bridgehead atoms. The van der Waals surface area contributed by atoms with Crippen molar-refractivity contribution in [2.75, 3.05) is 19.8 Å². The Bertz CT molecular complexity index is 1290. The van der Waals surface area contributed by atoms with Crippen molar-refractivity contribution in [1.82, 2.24) is 0 Å². The molecule has 7 aliphatic rings. The van der Waals surface area contributed by atoms with E-state index in [2.05, 4.69) is 67.4 Å². The molecule has 2 heterocycles. The van der Waals surface area contributed by atoms with Gasteiger partial charge in [0, 0.05) is 5.41 Å². The Balaban J connectivity index is 1.33. The Morgan fingerprint density at radius 2 is 1.58 bits per heavy atom. The summed E-state index contributed by atoms with van der Waals surface area (Å²) in [4.78, 5) is 0. The fourth-order valence-corrected chi connectivity index (χ4v) is 13.0. The Hall–Kier alpha value is -0.940. The molecule has 2 aliphatic heterocycles. The second-order valence-corrected chi connectivity index (χ2v) is 18.9. The van der Waals surface area contributed by atoms with Crippen LogP contribution in [0.15, 0.2) is 11.6 Å². The topological polar surface area (TPSA) is 66.4 Å². The molecule has 0 aromatic heterocycles. The van der Waals surface area contributed by atoms with Crippen molar-refractivity contribution >= 4 is 0 Å². The zero-order valence-electron chi connectivity index (χ0n) is 29.8. The molecule has 0 aromatic rings. The second kappa shape index (κ2) is 9.82. The van der Waals surface area contributed by atoms with Crippen molar-refractivity contribution in [2.45, 2.75) is 150 Å². The zero-order valence-corrected chi connectivity index (χ0v) is 29.8. The molecule has 45 heavy (non-hydrogen) atoms. The first-order chi connectivity index (χ1) is 20.8. The molecule has 1 N–H and O–H groups in total. The highest BCUT2D eigenvalue weighted by molar-refractivity contribution is 5.37. The molecule has 7 rings (SSSR count). The largest absolute Gasteiger partial charge is 0.390 e. The van der Waals surface area contributed by atoms with Crippen LogP contribution in [0.3, 0.4) is 0 Å². The molecule has 0 amide bonds. The van der Waals surface area contributed by atoms with E-state index >= 15 is 0 Å². The number of aliphatic hydroxyl groups is 1. The summed E-state index contributed by atoms with van der Waals surface area (Å²) in [5, 5.41) is 11.9. The zero-order chi connectivity index (χ0) is 32.6. The number of terminal acetylenes is 1. The standard InChI is InChI=1S/C39H60O6/c1-12-19-41-23-39-25-20-32(2,3)30(40)31(39)45-34(6,7)44-29(39)21-38(11)24(25)13-14-27-35(8)17-16-28-36(9,22-42-33(4,5)43-28)26(35)15-18-37(27,38)10/h1,13,25-31,40H,14-23H2,2-11H3/t25-,26?,27?,28-,29+,30-,31-,35-,36+,37+,38+,39-/m0/s1. The lowest BCUT2D eigenvalue weighted by Crippen LogP contribution is -2.76. The first-order valence-corrected chi connectivity index (χ1v) is 17.9. The van der Waals surface area contributed by atoms with Gasteiger partial charge in [-0.15, -0.1) is 6.42 Å². The summed E-state index contributed by atoms with van der Waals surface area (Å²) in [7, 11) is 0. The van der Waals surface area contributed by atoms with Crippen LogP contribution in [0.1, 0.15) is 114 Å². The SMILES string of the molecule is C#CCOC[C@@]12[C@H]3C[C@]4(C)C(=CCC5[C@@]6(C)CC[C@@H]7OC(C)(C)OC[C@]7(C)C6CC[C@]54C)[C@@H]1CC(C)(C)[C@@H](O)[C@@H]2OC(C)(C)O3. The van der Waals surface area contributed by atoms with Gasteiger partial charge in [-0.3, -0.25) is 0 Å². The van der Waals surface area contributed by atoms with E-state index in [0.29, 0.717) is 18.4 Å². The third-order valence-electron chi connectivity index (χ3n) is 15.4. The van der Waals surface area contributed by atoms with Crippen LogP contribution in [0.2, 0.25) is 0 Å². The van der Waals surface area contributed by atoms with Crippen LogP contribution < -0.4 is 0 Å². The summed E-state index contributed by atoms with van der Waals surface area (Å²) in [6, 6.07) is 0. The molecule has 0 spiro atoms. The van der Waals surface area contributed by atoms with Gasteiger partial charge in [0.25, 0.3) is 0 Å². The van der Waals surface area contributed by atoms with Crippen LogP contribution in [0.5, 0.6) is 0 Å². The van der Waals surface area contributed by atoms with Gasteiger partial charge in [0.15, 0.2) is 11.6 Å². The highest BCUT2D eigenvalue weighted by Gasteiger charge is 2.75. The van der Waals surface area contributed by atoms with E-state index < -0.39 is 29.2 Å². The molecular weight excluding hydrogens is 564 g/mol. The average molecular weight is 625 g/mol. The molecule has 6 heteroatoms. The number of ether oxygens (including phenoxy) is 5. The number of fused-ring (bicyclic) bond motifs is 8. The van der Waals surface area contributed by atoms with E-state index in [9.17, 15) is 5.11 Å². The van der Waals surface area contributed by atoms with Crippen molar-refractivity contribution in [3.63, 3.8) is 0 Å². The molecule has 6 fully saturated rings. The lowest BCUT2D eigenvalue weighted by atomic mass is 9.33. The van der Waals surface area contributed by atoms with Crippen LogP contribution in [0, 0.1) is 62.6 Å². The number of rotatable bonds is 3. The van der Waals surface area contributed by atoms with Gasteiger partial charge in [-0.2, -0.15) is 0 Å². The van der Waals surface area contributed by atoms with Gasteiger partial charge in [-0.05, 0) is 112 Å². The molecule has 2 unspecified atom stereocenters. The quantitative estimate of drug-likeness (QED) is 0.202. The van der Waals surface area contributed by atoms with E-state index in [-0.39, 0.29) is 51.8 Å². The third-order valence-corrected chi connectivity index (χ3v) is 15.4. The summed E-state index contributed by atoms with van der Waals surface area (Å²) in [6.07, 6.45) is 15.0. The van der Waals surface area contributed by atoms with Gasteiger partial charge >= 0.3 is 0 Å². The number of aliphatic hydroxyl groups excluding tert-OH is 1. The molecule has 252 valence electrons. The summed E-state index contributed by atoms with van der Waals surface area (Å²) in [6.45, 7) is 24.3. The first-order valence-electron chi connectivity index (χ1n) is 17.9. The van der Waals surface area contributed by atoms with Crippen molar-refractivity contribution in [1.29, 1.82) is 0 Å². The lowest BCUT2D eigenvalue weighted by molar-refractivity contribution is -0.404. The maximum absolute atomic E-state index is 11.9. The van der Waals surface area contributed by atoms with E-state index in [1.165, 1.54) is 19.3 Å². The van der Waals surface area contributed by atoms with E-state index in [1.54, 1.807) is 5.57 Å². The van der Waals surface area contributed by atoms with Gasteiger partial charge in [0.1, 0.15) is 6.61 Å².